The highest BCUT2D eigenvalue weighted by Crippen LogP contribution is 2.40. The second kappa shape index (κ2) is 10.2. The van der Waals surface area contributed by atoms with Gasteiger partial charge >= 0.3 is 8.60 Å². The van der Waals surface area contributed by atoms with Crippen molar-refractivity contribution in [3.8, 4) is 0 Å². The van der Waals surface area contributed by atoms with Crippen LogP contribution in [0, 0.1) is 0 Å². The van der Waals surface area contributed by atoms with E-state index in [1.807, 2.05) is 38.2 Å². The van der Waals surface area contributed by atoms with Gasteiger partial charge in [0.25, 0.3) is 0 Å². The molecule has 0 rings (SSSR count). The van der Waals surface area contributed by atoms with E-state index in [0.29, 0.717) is 13.2 Å². The van der Waals surface area contributed by atoms with Gasteiger partial charge in [-0.25, -0.2) is 0 Å². The third kappa shape index (κ3) is 8.41. The Morgan fingerprint density at radius 2 is 1.54 bits per heavy atom. The van der Waals surface area contributed by atoms with Gasteiger partial charge in [0.15, 0.2) is 0 Å². The number of allylic oxidation sites excluding steroid dienone is 2. The molecule has 0 aromatic carbocycles. The minimum Gasteiger partial charge on any atom is -0.307 e. The third-order valence-corrected chi connectivity index (χ3v) is 2.25. The molecular formula is C8H14ClO3P. The molecule has 0 heterocycles. The molecule has 0 amide bonds. The van der Waals surface area contributed by atoms with Crippen LogP contribution in [0.1, 0.15) is 13.8 Å². The van der Waals surface area contributed by atoms with Crippen molar-refractivity contribution in [1.82, 2.24) is 0 Å². The number of hydrogen-bond donors (Lipinski definition) is 0. The molecule has 0 saturated carbocycles. The maximum Gasteiger partial charge on any atom is 0.351 e. The largest absolute Gasteiger partial charge is 0.351 e. The zero-order valence-electron chi connectivity index (χ0n) is 7.77. The van der Waals surface area contributed by atoms with Crippen LogP contribution in [0.15, 0.2) is 24.3 Å². The summed E-state index contributed by atoms with van der Waals surface area (Å²) in [6.07, 6.45) is 7.47. The van der Waals surface area contributed by atoms with E-state index >= 15 is 0 Å². The highest BCUT2D eigenvalue weighted by molar-refractivity contribution is 7.42. The molecule has 0 fully saturated rings. The van der Waals surface area contributed by atoms with Crippen LogP contribution in [0.25, 0.3) is 0 Å². The Morgan fingerprint density at radius 3 is 1.85 bits per heavy atom. The van der Waals surface area contributed by atoms with E-state index in [-0.39, 0.29) is 0 Å². The van der Waals surface area contributed by atoms with Crippen molar-refractivity contribution in [1.29, 1.82) is 0 Å². The second-order valence-electron chi connectivity index (χ2n) is 2.02. The van der Waals surface area contributed by atoms with Crippen molar-refractivity contribution in [3.05, 3.63) is 24.3 Å². The lowest BCUT2D eigenvalue weighted by molar-refractivity contribution is 0.243. The predicted octanol–water partition coefficient (Wildman–Crippen LogP) is 3.57. The maximum absolute atomic E-state index is 5.16. The summed E-state index contributed by atoms with van der Waals surface area (Å²) in [5.41, 5.74) is 0. The quantitative estimate of drug-likeness (QED) is 0.489. The Morgan fingerprint density at radius 1 is 1.08 bits per heavy atom. The summed E-state index contributed by atoms with van der Waals surface area (Å²) >= 11 is 5.16. The van der Waals surface area contributed by atoms with E-state index < -0.39 is 8.60 Å². The molecular weight excluding hydrogens is 211 g/mol. The van der Waals surface area contributed by atoms with Gasteiger partial charge in [0.1, 0.15) is 0 Å². The molecule has 0 aliphatic heterocycles. The van der Waals surface area contributed by atoms with Crippen LogP contribution in [-0.4, -0.2) is 13.2 Å². The molecule has 0 unspecified atom stereocenters. The summed E-state index contributed by atoms with van der Waals surface area (Å²) in [5.74, 6) is 0. The number of rotatable bonds is 7. The third-order valence-electron chi connectivity index (χ3n) is 1.08. The van der Waals surface area contributed by atoms with Crippen LogP contribution >= 0.6 is 20.5 Å². The SMILES string of the molecule is CC=CCOP(OCl)OCC=CC. The summed E-state index contributed by atoms with van der Waals surface area (Å²) in [6, 6.07) is 0. The molecule has 0 saturated heterocycles. The van der Waals surface area contributed by atoms with Gasteiger partial charge in [-0.05, 0) is 13.8 Å². The molecule has 3 nitrogen and oxygen atoms in total. The first-order chi connectivity index (χ1) is 6.35. The van der Waals surface area contributed by atoms with Gasteiger partial charge in [-0.15, -0.1) is 0 Å². The highest BCUT2D eigenvalue weighted by atomic mass is 35.5. The molecule has 76 valence electrons. The minimum absolute atomic E-state index is 0.449. The van der Waals surface area contributed by atoms with Crippen LogP contribution in [-0.2, 0) is 13.1 Å². The lowest BCUT2D eigenvalue weighted by Crippen LogP contribution is -1.91. The van der Waals surface area contributed by atoms with Crippen LogP contribution in [0.4, 0.5) is 0 Å². The lowest BCUT2D eigenvalue weighted by atomic mass is 10.6. The molecule has 5 heteroatoms. The van der Waals surface area contributed by atoms with Gasteiger partial charge in [-0.1, -0.05) is 24.3 Å². The molecule has 0 atom stereocenters. The molecule has 0 aromatic heterocycles. The van der Waals surface area contributed by atoms with Crippen molar-refractivity contribution in [2.45, 2.75) is 13.8 Å². The van der Waals surface area contributed by atoms with E-state index in [1.165, 1.54) is 0 Å². The standard InChI is InChI=1S/C8H14ClO3P/c1-3-5-7-10-13(12-9)11-8-6-4-2/h3-6H,7-8H2,1-2H3. The van der Waals surface area contributed by atoms with Gasteiger partial charge in [0.05, 0.1) is 25.1 Å². The summed E-state index contributed by atoms with van der Waals surface area (Å²) in [4.78, 5) is 0. The lowest BCUT2D eigenvalue weighted by Gasteiger charge is -2.09. The minimum atomic E-state index is -1.42. The number of hydrogen-bond acceptors (Lipinski definition) is 3. The topological polar surface area (TPSA) is 27.7 Å². The van der Waals surface area contributed by atoms with E-state index in [1.54, 1.807) is 0 Å². The van der Waals surface area contributed by atoms with Gasteiger partial charge in [0, 0.05) is 0 Å². The first-order valence-electron chi connectivity index (χ1n) is 3.92. The van der Waals surface area contributed by atoms with Crippen LogP contribution < -0.4 is 0 Å². The van der Waals surface area contributed by atoms with E-state index in [2.05, 4.69) is 4.08 Å². The van der Waals surface area contributed by atoms with Gasteiger partial charge in [-0.2, -0.15) is 4.08 Å². The Bertz CT molecular complexity index is 145. The Balaban J connectivity index is 3.50. The summed E-state index contributed by atoms with van der Waals surface area (Å²) in [5, 5.41) is 0. The second-order valence-corrected chi connectivity index (χ2v) is 3.54. The molecule has 0 N–H and O–H groups in total. The Kier molecular flexibility index (Phi) is 10.2. The van der Waals surface area contributed by atoms with Crippen LogP contribution in [0.3, 0.4) is 0 Å². The zero-order valence-corrected chi connectivity index (χ0v) is 9.42. The van der Waals surface area contributed by atoms with Crippen LogP contribution in [0.5, 0.6) is 0 Å². The van der Waals surface area contributed by atoms with E-state index in [4.69, 9.17) is 20.9 Å². The fourth-order valence-electron chi connectivity index (χ4n) is 0.477. The monoisotopic (exact) mass is 224 g/mol. The van der Waals surface area contributed by atoms with Crippen molar-refractivity contribution in [3.63, 3.8) is 0 Å². The fraction of sp³-hybridized carbons (Fsp3) is 0.500. The molecule has 0 spiro atoms. The maximum atomic E-state index is 5.16. The smallest absolute Gasteiger partial charge is 0.307 e. The number of halogens is 1. The van der Waals surface area contributed by atoms with E-state index in [0.717, 1.165) is 0 Å². The van der Waals surface area contributed by atoms with Crippen molar-refractivity contribution in [2.24, 2.45) is 0 Å². The van der Waals surface area contributed by atoms with Crippen molar-refractivity contribution >= 4 is 20.5 Å². The summed E-state index contributed by atoms with van der Waals surface area (Å²) in [7, 11) is -1.42. The van der Waals surface area contributed by atoms with Crippen molar-refractivity contribution < 1.29 is 13.1 Å². The fourth-order valence-corrected chi connectivity index (χ4v) is 1.29. The average molecular weight is 225 g/mol. The normalized spacial score (nSPS) is 14.4. The zero-order chi connectivity index (χ0) is 9.94. The van der Waals surface area contributed by atoms with Crippen molar-refractivity contribution in [2.75, 3.05) is 13.2 Å². The molecule has 0 aromatic rings. The average Bonchev–Trinajstić information content (AvgIpc) is 2.16. The van der Waals surface area contributed by atoms with Gasteiger partial charge in [0.2, 0.25) is 0 Å². The van der Waals surface area contributed by atoms with E-state index in [9.17, 15) is 0 Å². The van der Waals surface area contributed by atoms with Gasteiger partial charge in [-0.3, -0.25) is 0 Å². The Hall–Kier alpha value is 0.0800. The first kappa shape index (κ1) is 13.1. The highest BCUT2D eigenvalue weighted by Gasteiger charge is 2.09. The van der Waals surface area contributed by atoms with Crippen LogP contribution in [0.2, 0.25) is 0 Å². The Labute approximate surface area is 85.5 Å². The molecule has 13 heavy (non-hydrogen) atoms. The van der Waals surface area contributed by atoms with Gasteiger partial charge < -0.3 is 9.05 Å². The molecule has 0 bridgehead atoms. The summed E-state index contributed by atoms with van der Waals surface area (Å²) in [6.45, 7) is 4.72. The molecule has 0 aliphatic carbocycles. The summed E-state index contributed by atoms with van der Waals surface area (Å²) < 4.78 is 14.8. The molecule has 0 radical (unpaired) electrons. The predicted molar refractivity (Wildman–Crippen MR) is 55.4 cm³/mol. The first-order valence-corrected chi connectivity index (χ1v) is 5.32. The molecule has 0 aliphatic rings.